The lowest BCUT2D eigenvalue weighted by atomic mass is 10.8. The summed E-state index contributed by atoms with van der Waals surface area (Å²) in [5, 5.41) is 3.90. The molecule has 1 aromatic rings. The van der Waals surface area contributed by atoms with Crippen molar-refractivity contribution in [1.29, 1.82) is 0 Å². The van der Waals surface area contributed by atoms with Gasteiger partial charge in [0, 0.05) is 6.20 Å². The summed E-state index contributed by atoms with van der Waals surface area (Å²) in [5.74, 6) is 0. The van der Waals surface area contributed by atoms with Crippen LogP contribution in [0.15, 0.2) is 18.5 Å². The first kappa shape index (κ1) is 3.92. The van der Waals surface area contributed by atoms with E-state index in [0.717, 1.165) is 16.5 Å². The maximum Gasteiger partial charge on any atom is 0.397 e. The number of hydrogen-bond acceptors (Lipinski definition) is 1. The topological polar surface area (TPSA) is 17.8 Å². The van der Waals surface area contributed by atoms with Crippen molar-refractivity contribution in [3.8, 4) is 0 Å². The van der Waals surface area contributed by atoms with Crippen LogP contribution in [0.3, 0.4) is 0 Å². The molecule has 0 unspecified atom stereocenters. The molecule has 2 nitrogen and oxygen atoms in total. The fraction of sp³-hybridized carbons (Fsp3) is 0. The minimum atomic E-state index is 1.00. The fourth-order valence-electron chi connectivity index (χ4n) is 0.345. The molecule has 0 amide bonds. The molecule has 0 aliphatic heterocycles. The lowest BCUT2D eigenvalue weighted by molar-refractivity contribution is 0.992. The van der Waals surface area contributed by atoms with E-state index in [4.69, 9.17) is 0 Å². The van der Waals surface area contributed by atoms with Crippen molar-refractivity contribution < 1.29 is 0 Å². The van der Waals surface area contributed by atoms with Gasteiger partial charge in [-0.15, -0.1) is 0 Å². The number of aromatic nitrogens is 2. The Kier molecular flexibility index (Phi) is 0.954. The van der Waals surface area contributed by atoms with Crippen LogP contribution >= 0.6 is 0 Å². The molecule has 1 rings (SSSR count). The first-order chi connectivity index (χ1) is 2.89. The molecule has 0 bridgehead atoms. The van der Waals surface area contributed by atoms with Crippen LogP contribution < -0.4 is 0 Å². The van der Waals surface area contributed by atoms with Gasteiger partial charge in [-0.1, -0.05) is 0 Å². The van der Waals surface area contributed by atoms with Gasteiger partial charge in [0.15, 0.2) is 0 Å². The molecule has 30 valence electrons. The maximum atomic E-state index is 3.90. The molecule has 1 heterocycles. The van der Waals surface area contributed by atoms with E-state index in [1.165, 1.54) is 0 Å². The van der Waals surface area contributed by atoms with Gasteiger partial charge in [0.25, 0.3) is 0 Å². The highest BCUT2D eigenvalue weighted by molar-refractivity contribution is 6.05. The zero-order valence-electron chi connectivity index (χ0n) is 3.63. The number of hydrogen-bond donors (Lipinski definition) is 0. The van der Waals surface area contributed by atoms with Gasteiger partial charge in [-0.2, -0.15) is 0 Å². The first-order valence-corrected chi connectivity index (χ1v) is 2.72. The van der Waals surface area contributed by atoms with Crippen molar-refractivity contribution in [3.63, 3.8) is 0 Å². The second-order valence-corrected chi connectivity index (χ2v) is 2.10. The summed E-state index contributed by atoms with van der Waals surface area (Å²) in [6.45, 7) is 0. The van der Waals surface area contributed by atoms with E-state index in [1.807, 2.05) is 15.9 Å². The highest BCUT2D eigenvalue weighted by Gasteiger charge is 1.70. The Bertz CT molecular complexity index is 112. The van der Waals surface area contributed by atoms with Gasteiger partial charge in [-0.25, -0.2) is 5.10 Å². The van der Waals surface area contributed by atoms with Crippen molar-refractivity contribution in [1.82, 2.24) is 8.76 Å². The third-order valence-electron chi connectivity index (χ3n) is 0.637. The average molecular weight is 96.1 g/mol. The molecule has 0 spiro atoms. The van der Waals surface area contributed by atoms with Crippen LogP contribution in [-0.4, -0.2) is 25.3 Å². The van der Waals surface area contributed by atoms with Crippen LogP contribution in [0.5, 0.6) is 0 Å². The van der Waals surface area contributed by atoms with E-state index in [9.17, 15) is 0 Å². The van der Waals surface area contributed by atoms with E-state index < -0.39 is 0 Å². The van der Waals surface area contributed by atoms with Gasteiger partial charge in [0.05, 0.1) is 0 Å². The van der Waals surface area contributed by atoms with Gasteiger partial charge in [0.2, 0.25) is 0 Å². The van der Waals surface area contributed by atoms with Crippen molar-refractivity contribution in [2.45, 2.75) is 0 Å². The molecule has 3 heteroatoms. The minimum Gasteiger partial charge on any atom is -0.374 e. The van der Waals surface area contributed by atoms with Gasteiger partial charge in [0.1, 0.15) is 0 Å². The van der Waals surface area contributed by atoms with Crippen LogP contribution in [-0.2, 0) is 0 Å². The highest BCUT2D eigenvalue weighted by Crippen LogP contribution is 1.72. The Hall–Kier alpha value is -0.258. The summed E-state index contributed by atoms with van der Waals surface area (Å²) in [5.41, 5.74) is 0. The van der Waals surface area contributed by atoms with Gasteiger partial charge in [-0.05, 0) is 12.3 Å². The Balaban J connectivity index is 3.05. The Morgan fingerprint density at radius 3 is 2.67 bits per heavy atom. The summed E-state index contributed by atoms with van der Waals surface area (Å²) in [4.78, 5) is 0. The third kappa shape index (κ3) is 0.619. The van der Waals surface area contributed by atoms with E-state index in [1.54, 1.807) is 6.20 Å². The van der Waals surface area contributed by atoms with Crippen LogP contribution in [0.25, 0.3) is 0 Å². The van der Waals surface area contributed by atoms with Gasteiger partial charge >= 0.3 is 16.5 Å². The first-order valence-electron chi connectivity index (χ1n) is 1.83. The largest absolute Gasteiger partial charge is 0.397 e. The Labute approximate surface area is 44.4 Å². The van der Waals surface area contributed by atoms with Crippen molar-refractivity contribution >= 4 is 16.5 Å². The molecule has 1 aromatic heterocycles. The van der Waals surface area contributed by atoms with Crippen LogP contribution in [0, 0.1) is 0 Å². The lowest BCUT2D eigenvalue weighted by Gasteiger charge is -1.78. The van der Waals surface area contributed by atoms with E-state index >= 15 is 0 Å². The van der Waals surface area contributed by atoms with Crippen molar-refractivity contribution in [2.24, 2.45) is 0 Å². The average Bonchev–Trinajstić information content (AvgIpc) is 1.86. The molecule has 0 fully saturated rings. The molecule has 0 radical (unpaired) electrons. The normalized spacial score (nSPS) is 8.67. The predicted octanol–water partition coefficient (Wildman–Crippen LogP) is -0.721. The molecule has 0 aliphatic carbocycles. The quantitative estimate of drug-likeness (QED) is 0.390. The van der Waals surface area contributed by atoms with Crippen LogP contribution in [0.1, 0.15) is 0 Å². The Morgan fingerprint density at radius 1 is 1.67 bits per heavy atom. The summed E-state index contributed by atoms with van der Waals surface area (Å²) >= 11 is 1.00. The second-order valence-electron chi connectivity index (χ2n) is 1.18. The van der Waals surface area contributed by atoms with Gasteiger partial charge in [-0.3, -0.25) is 0 Å². The smallest absolute Gasteiger partial charge is 0.374 e. The standard InChI is InChI=1S/C3H3N2.Al.2H/c1-2-4-5-3-1;;;/h1-3H;;;/q-1;+1;;. The SMILES string of the molecule is [AlH2][n]1cccn1. The zero-order valence-corrected chi connectivity index (χ0v) is 5.63. The summed E-state index contributed by atoms with van der Waals surface area (Å²) < 4.78 is 1.89. The second kappa shape index (κ2) is 1.46. The summed E-state index contributed by atoms with van der Waals surface area (Å²) in [7, 11) is 0. The van der Waals surface area contributed by atoms with E-state index in [2.05, 4.69) is 5.10 Å². The minimum absolute atomic E-state index is 1.00. The van der Waals surface area contributed by atoms with Gasteiger partial charge < -0.3 is 3.67 Å². The molecule has 0 N–H and O–H groups in total. The predicted molar refractivity (Wildman–Crippen MR) is 26.2 cm³/mol. The molecular formula is C3H5AlN2. The van der Waals surface area contributed by atoms with E-state index in [0.29, 0.717) is 0 Å². The number of nitrogens with zero attached hydrogens (tertiary/aromatic N) is 2. The molecule has 0 aromatic carbocycles. The maximum absolute atomic E-state index is 3.90. The monoisotopic (exact) mass is 96.0 g/mol. The lowest BCUT2D eigenvalue weighted by Crippen LogP contribution is -1.87. The molecule has 0 atom stereocenters. The molecule has 0 saturated carbocycles. The molecule has 6 heavy (non-hydrogen) atoms. The molecular weight excluding hydrogens is 91.0 g/mol. The zero-order chi connectivity index (χ0) is 4.41. The van der Waals surface area contributed by atoms with Crippen molar-refractivity contribution in [2.75, 3.05) is 0 Å². The van der Waals surface area contributed by atoms with Crippen molar-refractivity contribution in [3.05, 3.63) is 18.5 Å². The van der Waals surface area contributed by atoms with Crippen LogP contribution in [0.2, 0.25) is 0 Å². The third-order valence-corrected chi connectivity index (χ3v) is 1.17. The number of rotatable bonds is 0. The fourth-order valence-corrected chi connectivity index (χ4v) is 0.651. The molecule has 0 saturated heterocycles. The van der Waals surface area contributed by atoms with Crippen LogP contribution in [0.4, 0.5) is 0 Å². The molecule has 0 aliphatic rings. The highest BCUT2D eigenvalue weighted by atomic mass is 27.1. The summed E-state index contributed by atoms with van der Waals surface area (Å²) in [6.07, 6.45) is 3.74. The summed E-state index contributed by atoms with van der Waals surface area (Å²) in [6, 6.07) is 1.92. The Morgan fingerprint density at radius 2 is 2.50 bits per heavy atom. The van der Waals surface area contributed by atoms with E-state index in [-0.39, 0.29) is 0 Å².